The minimum atomic E-state index is 1.09. The van der Waals surface area contributed by atoms with Crippen LogP contribution >= 0.6 is 0 Å². The molecular formula is C13H16. The number of hydrogen-bond acceptors (Lipinski definition) is 0. The Morgan fingerprint density at radius 3 is 2.46 bits per heavy atom. The van der Waals surface area contributed by atoms with Crippen molar-refractivity contribution in [3.8, 4) is 0 Å². The molecule has 1 aromatic rings. The largest absolute Gasteiger partial charge is 0.0912 e. The highest BCUT2D eigenvalue weighted by Gasteiger charge is 1.93. The van der Waals surface area contributed by atoms with Crippen molar-refractivity contribution in [1.82, 2.24) is 0 Å². The first-order valence-electron chi connectivity index (χ1n) is 4.65. The van der Waals surface area contributed by atoms with Crippen LogP contribution in [0, 0.1) is 0 Å². The molecule has 0 heterocycles. The highest BCUT2D eigenvalue weighted by Crippen LogP contribution is 2.15. The summed E-state index contributed by atoms with van der Waals surface area (Å²) in [5, 5.41) is 0. The lowest BCUT2D eigenvalue weighted by Gasteiger charge is -2.01. The second-order valence-electron chi connectivity index (χ2n) is 3.24. The quantitative estimate of drug-likeness (QED) is 0.603. The molecule has 0 unspecified atom stereocenters. The molecule has 0 saturated heterocycles. The minimum absolute atomic E-state index is 1.09. The first-order chi connectivity index (χ1) is 6.24. The van der Waals surface area contributed by atoms with Crippen LogP contribution in [-0.4, -0.2) is 0 Å². The fraction of sp³-hybridized carbons (Fsp3) is 0.231. The van der Waals surface area contributed by atoms with E-state index >= 15 is 0 Å². The van der Waals surface area contributed by atoms with Gasteiger partial charge in [-0.1, -0.05) is 55.5 Å². The number of hydrogen-bond donors (Lipinski definition) is 0. The van der Waals surface area contributed by atoms with Crippen LogP contribution in [-0.2, 0) is 0 Å². The first kappa shape index (κ1) is 9.79. The summed E-state index contributed by atoms with van der Waals surface area (Å²) in [6.07, 6.45) is 3.24. The molecule has 1 aromatic carbocycles. The maximum absolute atomic E-state index is 4.04. The molecule has 0 saturated carbocycles. The Morgan fingerprint density at radius 1 is 1.31 bits per heavy atom. The van der Waals surface area contributed by atoms with Gasteiger partial charge in [0, 0.05) is 0 Å². The zero-order valence-electron chi connectivity index (χ0n) is 8.38. The van der Waals surface area contributed by atoms with Crippen LogP contribution in [0.2, 0.25) is 0 Å². The molecule has 0 aliphatic carbocycles. The fourth-order valence-corrected chi connectivity index (χ4v) is 1.14. The second-order valence-corrected chi connectivity index (χ2v) is 3.24. The van der Waals surface area contributed by atoms with Crippen molar-refractivity contribution in [3.05, 3.63) is 54.1 Å². The van der Waals surface area contributed by atoms with Crippen LogP contribution in [0.1, 0.15) is 25.8 Å². The summed E-state index contributed by atoms with van der Waals surface area (Å²) in [6, 6.07) is 10.3. The van der Waals surface area contributed by atoms with Crippen molar-refractivity contribution in [2.24, 2.45) is 0 Å². The topological polar surface area (TPSA) is 0 Å². The van der Waals surface area contributed by atoms with E-state index in [1.807, 2.05) is 18.2 Å². The molecule has 0 radical (unpaired) electrons. The Kier molecular flexibility index (Phi) is 3.51. The van der Waals surface area contributed by atoms with E-state index in [4.69, 9.17) is 0 Å². The Hall–Kier alpha value is -1.30. The Balaban J connectivity index is 2.81. The van der Waals surface area contributed by atoms with Crippen molar-refractivity contribution in [1.29, 1.82) is 0 Å². The summed E-state index contributed by atoms with van der Waals surface area (Å²) in [5.74, 6) is 0. The van der Waals surface area contributed by atoms with Crippen molar-refractivity contribution < 1.29 is 0 Å². The summed E-state index contributed by atoms with van der Waals surface area (Å²) < 4.78 is 0. The normalized spacial score (nSPS) is 11.4. The molecule has 0 aliphatic heterocycles. The van der Waals surface area contributed by atoms with E-state index in [1.165, 1.54) is 11.1 Å². The van der Waals surface area contributed by atoms with E-state index in [1.54, 1.807) is 0 Å². The zero-order valence-corrected chi connectivity index (χ0v) is 8.38. The molecule has 0 nitrogen and oxygen atoms in total. The lowest BCUT2D eigenvalue weighted by molar-refractivity contribution is 1.10. The maximum atomic E-state index is 4.04. The SMILES string of the molecule is C=C(/C=C(/C)CC)c1ccccc1. The third kappa shape index (κ3) is 2.90. The summed E-state index contributed by atoms with van der Waals surface area (Å²) >= 11 is 0. The average molecular weight is 172 g/mol. The molecular weight excluding hydrogens is 156 g/mol. The average Bonchev–Trinajstić information content (AvgIpc) is 2.19. The van der Waals surface area contributed by atoms with Gasteiger partial charge < -0.3 is 0 Å². The van der Waals surface area contributed by atoms with Crippen LogP contribution in [0.5, 0.6) is 0 Å². The van der Waals surface area contributed by atoms with E-state index in [-0.39, 0.29) is 0 Å². The van der Waals surface area contributed by atoms with Crippen LogP contribution in [0.25, 0.3) is 5.57 Å². The molecule has 0 aromatic heterocycles. The monoisotopic (exact) mass is 172 g/mol. The van der Waals surface area contributed by atoms with E-state index in [9.17, 15) is 0 Å². The molecule has 0 atom stereocenters. The van der Waals surface area contributed by atoms with Gasteiger partial charge in [0.15, 0.2) is 0 Å². The van der Waals surface area contributed by atoms with Gasteiger partial charge in [0.2, 0.25) is 0 Å². The zero-order chi connectivity index (χ0) is 9.68. The van der Waals surface area contributed by atoms with Crippen LogP contribution in [0.15, 0.2) is 48.6 Å². The van der Waals surface area contributed by atoms with Gasteiger partial charge in [0.05, 0.1) is 0 Å². The second kappa shape index (κ2) is 4.66. The molecule has 0 aliphatic rings. The Bertz CT molecular complexity index is 304. The van der Waals surface area contributed by atoms with Gasteiger partial charge in [-0.3, -0.25) is 0 Å². The van der Waals surface area contributed by atoms with Crippen LogP contribution in [0.4, 0.5) is 0 Å². The van der Waals surface area contributed by atoms with E-state index < -0.39 is 0 Å². The third-order valence-electron chi connectivity index (χ3n) is 2.12. The molecule has 0 heteroatoms. The third-order valence-corrected chi connectivity index (χ3v) is 2.12. The van der Waals surface area contributed by atoms with Gasteiger partial charge in [0.1, 0.15) is 0 Å². The molecule has 0 spiro atoms. The first-order valence-corrected chi connectivity index (χ1v) is 4.65. The summed E-state index contributed by atoms with van der Waals surface area (Å²) in [4.78, 5) is 0. The maximum Gasteiger partial charge on any atom is -0.0190 e. The van der Waals surface area contributed by atoms with Gasteiger partial charge in [-0.2, -0.15) is 0 Å². The molecule has 0 fully saturated rings. The minimum Gasteiger partial charge on any atom is -0.0912 e. The van der Waals surface area contributed by atoms with E-state index in [0.717, 1.165) is 12.0 Å². The summed E-state index contributed by atoms with van der Waals surface area (Å²) in [5.41, 5.74) is 3.67. The molecule has 0 amide bonds. The molecule has 0 N–H and O–H groups in total. The standard InChI is InChI=1S/C13H16/c1-4-11(2)10-12(3)13-8-6-5-7-9-13/h5-10H,3-4H2,1-2H3/b11-10-. The highest BCUT2D eigenvalue weighted by molar-refractivity contribution is 5.72. The predicted molar refractivity (Wildman–Crippen MR) is 59.5 cm³/mol. The highest BCUT2D eigenvalue weighted by atomic mass is 14.0. The van der Waals surface area contributed by atoms with Gasteiger partial charge in [-0.15, -0.1) is 0 Å². The van der Waals surface area contributed by atoms with Crippen molar-refractivity contribution in [2.45, 2.75) is 20.3 Å². The lowest BCUT2D eigenvalue weighted by atomic mass is 10.0. The smallest absolute Gasteiger partial charge is 0.0190 e. The Labute approximate surface area is 80.6 Å². The lowest BCUT2D eigenvalue weighted by Crippen LogP contribution is -1.79. The van der Waals surface area contributed by atoms with Gasteiger partial charge in [-0.05, 0) is 24.5 Å². The van der Waals surface area contributed by atoms with Crippen molar-refractivity contribution >= 4 is 5.57 Å². The molecule has 68 valence electrons. The Morgan fingerprint density at radius 2 is 1.92 bits per heavy atom. The number of benzene rings is 1. The predicted octanol–water partition coefficient (Wildman–Crippen LogP) is 4.06. The fourth-order valence-electron chi connectivity index (χ4n) is 1.14. The van der Waals surface area contributed by atoms with Crippen LogP contribution in [0.3, 0.4) is 0 Å². The summed E-state index contributed by atoms with van der Waals surface area (Å²) in [7, 11) is 0. The van der Waals surface area contributed by atoms with E-state index in [2.05, 4.69) is 38.6 Å². The number of allylic oxidation sites excluding steroid dienone is 3. The van der Waals surface area contributed by atoms with E-state index in [0.29, 0.717) is 0 Å². The van der Waals surface area contributed by atoms with Crippen molar-refractivity contribution in [3.63, 3.8) is 0 Å². The van der Waals surface area contributed by atoms with Gasteiger partial charge in [-0.25, -0.2) is 0 Å². The van der Waals surface area contributed by atoms with Gasteiger partial charge in [0.25, 0.3) is 0 Å². The van der Waals surface area contributed by atoms with Crippen molar-refractivity contribution in [2.75, 3.05) is 0 Å². The number of rotatable bonds is 3. The van der Waals surface area contributed by atoms with Gasteiger partial charge >= 0.3 is 0 Å². The summed E-state index contributed by atoms with van der Waals surface area (Å²) in [6.45, 7) is 8.33. The molecule has 13 heavy (non-hydrogen) atoms. The molecule has 1 rings (SSSR count). The van der Waals surface area contributed by atoms with Crippen LogP contribution < -0.4 is 0 Å². The molecule has 0 bridgehead atoms.